The Morgan fingerprint density at radius 3 is 2.72 bits per heavy atom. The minimum atomic E-state index is -0.0139. The average Bonchev–Trinajstić information content (AvgIpc) is 3.14. The molecular formula is C21H29N3O4S. The van der Waals surface area contributed by atoms with E-state index in [9.17, 15) is 4.79 Å². The second kappa shape index (κ2) is 11.1. The van der Waals surface area contributed by atoms with Crippen molar-refractivity contribution in [3.63, 3.8) is 0 Å². The van der Waals surface area contributed by atoms with Crippen LogP contribution in [0.3, 0.4) is 0 Å². The Kier molecular flexibility index (Phi) is 8.22. The van der Waals surface area contributed by atoms with E-state index >= 15 is 0 Å². The molecule has 1 aromatic heterocycles. The summed E-state index contributed by atoms with van der Waals surface area (Å²) in [5.41, 5.74) is 0. The van der Waals surface area contributed by atoms with Crippen molar-refractivity contribution in [1.29, 1.82) is 0 Å². The Morgan fingerprint density at radius 2 is 2.00 bits per heavy atom. The molecule has 1 aliphatic carbocycles. The number of nitrogens with one attached hydrogen (secondary N) is 1. The summed E-state index contributed by atoms with van der Waals surface area (Å²) >= 11 is 1.48. The molecule has 1 aromatic carbocycles. The highest BCUT2D eigenvalue weighted by molar-refractivity contribution is 7.99. The number of hydrogen-bond donors (Lipinski definition) is 1. The zero-order valence-electron chi connectivity index (χ0n) is 17.1. The lowest BCUT2D eigenvalue weighted by molar-refractivity contribution is -0.120. The number of amides is 1. The Labute approximate surface area is 175 Å². The first-order valence-electron chi connectivity index (χ1n) is 10.2. The van der Waals surface area contributed by atoms with Crippen molar-refractivity contribution in [2.45, 2.75) is 63.9 Å². The largest absolute Gasteiger partial charge is 0.494 e. The molecule has 2 aromatic rings. The van der Waals surface area contributed by atoms with Crippen molar-refractivity contribution in [2.75, 3.05) is 12.4 Å². The first-order valence-corrected chi connectivity index (χ1v) is 11.4. The van der Waals surface area contributed by atoms with Crippen LogP contribution in [0.4, 0.5) is 0 Å². The predicted octanol–water partition coefficient (Wildman–Crippen LogP) is 3.91. The molecule has 8 heteroatoms. The fourth-order valence-electron chi connectivity index (χ4n) is 3.30. The molecule has 7 nitrogen and oxygen atoms in total. The molecule has 0 radical (unpaired) electrons. The standard InChI is InChI=1S/C21H29N3O4S/c1-3-12-26-16-8-10-17(11-9-16)27-19-7-5-4-6-18(19)23-21(25)14-29-13-20-22-15(2)28-24-20/h8-11,18-19H,3-7,12-14H2,1-2H3,(H,23,25). The summed E-state index contributed by atoms with van der Waals surface area (Å²) in [6.07, 6.45) is 5.05. The minimum Gasteiger partial charge on any atom is -0.494 e. The Balaban J connectivity index is 1.46. The molecule has 1 fully saturated rings. The lowest BCUT2D eigenvalue weighted by atomic mass is 9.92. The van der Waals surface area contributed by atoms with E-state index in [1.165, 1.54) is 11.8 Å². The Hall–Kier alpha value is -2.22. The van der Waals surface area contributed by atoms with E-state index in [-0.39, 0.29) is 18.1 Å². The molecule has 0 spiro atoms. The monoisotopic (exact) mass is 419 g/mol. The van der Waals surface area contributed by atoms with Crippen LogP contribution >= 0.6 is 11.8 Å². The van der Waals surface area contributed by atoms with E-state index in [0.29, 0.717) is 29.8 Å². The number of thioether (sulfide) groups is 1. The molecule has 0 bridgehead atoms. The quantitative estimate of drug-likeness (QED) is 0.625. The van der Waals surface area contributed by atoms with Gasteiger partial charge in [0.1, 0.15) is 17.6 Å². The van der Waals surface area contributed by atoms with Gasteiger partial charge in [0.2, 0.25) is 11.8 Å². The first kappa shape index (κ1) is 21.5. The van der Waals surface area contributed by atoms with E-state index in [1.54, 1.807) is 6.92 Å². The highest BCUT2D eigenvalue weighted by atomic mass is 32.2. The van der Waals surface area contributed by atoms with E-state index in [2.05, 4.69) is 22.4 Å². The molecule has 158 valence electrons. The fourth-order valence-corrected chi connectivity index (χ4v) is 3.97. The van der Waals surface area contributed by atoms with Crippen LogP contribution < -0.4 is 14.8 Å². The minimum absolute atomic E-state index is 0.0130. The molecule has 1 N–H and O–H groups in total. The number of hydrogen-bond acceptors (Lipinski definition) is 7. The molecule has 1 amide bonds. The number of carbonyl (C=O) groups excluding carboxylic acids is 1. The van der Waals surface area contributed by atoms with Crippen molar-refractivity contribution in [1.82, 2.24) is 15.5 Å². The maximum atomic E-state index is 12.4. The summed E-state index contributed by atoms with van der Waals surface area (Å²) in [6.45, 7) is 4.55. The predicted molar refractivity (Wildman–Crippen MR) is 112 cm³/mol. The van der Waals surface area contributed by atoms with Gasteiger partial charge >= 0.3 is 0 Å². The van der Waals surface area contributed by atoms with Crippen LogP contribution in [0, 0.1) is 6.92 Å². The van der Waals surface area contributed by atoms with Gasteiger partial charge in [0.15, 0.2) is 5.82 Å². The summed E-state index contributed by atoms with van der Waals surface area (Å²) in [4.78, 5) is 16.5. The number of nitrogens with zero attached hydrogens (tertiary/aromatic N) is 2. The number of rotatable bonds is 10. The third kappa shape index (κ3) is 6.96. The normalized spacial score (nSPS) is 19.0. The summed E-state index contributed by atoms with van der Waals surface area (Å²) in [6, 6.07) is 7.75. The third-order valence-electron chi connectivity index (χ3n) is 4.67. The number of aryl methyl sites for hydroxylation is 1. The molecule has 1 aliphatic rings. The summed E-state index contributed by atoms with van der Waals surface area (Å²) < 4.78 is 16.8. The zero-order valence-corrected chi connectivity index (χ0v) is 17.9. The molecule has 2 unspecified atom stereocenters. The average molecular weight is 420 g/mol. The number of aromatic nitrogens is 2. The van der Waals surface area contributed by atoms with Crippen LogP contribution in [0.5, 0.6) is 11.5 Å². The number of benzene rings is 1. The fraction of sp³-hybridized carbons (Fsp3) is 0.571. The maximum absolute atomic E-state index is 12.4. The SMILES string of the molecule is CCCOc1ccc(OC2CCCCC2NC(=O)CSCc2noc(C)n2)cc1. The van der Waals surface area contributed by atoms with E-state index in [4.69, 9.17) is 14.0 Å². The van der Waals surface area contributed by atoms with Gasteiger partial charge in [-0.25, -0.2) is 0 Å². The van der Waals surface area contributed by atoms with Gasteiger partial charge in [-0.1, -0.05) is 18.5 Å². The summed E-state index contributed by atoms with van der Waals surface area (Å²) in [5.74, 6) is 3.74. The van der Waals surface area contributed by atoms with Crippen LogP contribution in [-0.4, -0.2) is 40.6 Å². The van der Waals surface area contributed by atoms with Gasteiger partial charge in [-0.05, 0) is 49.9 Å². The summed E-state index contributed by atoms with van der Waals surface area (Å²) in [7, 11) is 0. The smallest absolute Gasteiger partial charge is 0.230 e. The molecule has 0 saturated heterocycles. The highest BCUT2D eigenvalue weighted by Gasteiger charge is 2.28. The number of ether oxygens (including phenoxy) is 2. The molecule has 1 heterocycles. The molecule has 29 heavy (non-hydrogen) atoms. The van der Waals surface area contributed by atoms with Gasteiger partial charge in [0.25, 0.3) is 0 Å². The molecule has 3 rings (SSSR count). The van der Waals surface area contributed by atoms with Crippen LogP contribution in [-0.2, 0) is 10.5 Å². The van der Waals surface area contributed by atoms with E-state index in [0.717, 1.165) is 43.6 Å². The van der Waals surface area contributed by atoms with E-state index < -0.39 is 0 Å². The molecule has 1 saturated carbocycles. The van der Waals surface area contributed by atoms with Gasteiger partial charge in [0.05, 0.1) is 24.2 Å². The third-order valence-corrected chi connectivity index (χ3v) is 5.60. The van der Waals surface area contributed by atoms with Crippen molar-refractivity contribution < 1.29 is 18.8 Å². The van der Waals surface area contributed by atoms with Crippen LogP contribution in [0.2, 0.25) is 0 Å². The van der Waals surface area contributed by atoms with Gasteiger partial charge in [0, 0.05) is 6.92 Å². The van der Waals surface area contributed by atoms with Crippen molar-refractivity contribution in [2.24, 2.45) is 0 Å². The Bertz CT molecular complexity index is 766. The van der Waals surface area contributed by atoms with Crippen molar-refractivity contribution >= 4 is 17.7 Å². The van der Waals surface area contributed by atoms with Gasteiger partial charge in [-0.3, -0.25) is 4.79 Å². The molecule has 2 atom stereocenters. The van der Waals surface area contributed by atoms with Crippen molar-refractivity contribution in [3.8, 4) is 11.5 Å². The first-order chi connectivity index (χ1) is 14.1. The van der Waals surface area contributed by atoms with Crippen LogP contribution in [0.15, 0.2) is 28.8 Å². The molecule has 0 aliphatic heterocycles. The van der Waals surface area contributed by atoms with Crippen LogP contribution in [0.25, 0.3) is 0 Å². The van der Waals surface area contributed by atoms with Crippen molar-refractivity contribution in [3.05, 3.63) is 36.0 Å². The summed E-state index contributed by atoms with van der Waals surface area (Å²) in [5, 5.41) is 6.99. The van der Waals surface area contributed by atoms with Crippen LogP contribution in [0.1, 0.15) is 50.7 Å². The zero-order chi connectivity index (χ0) is 20.5. The lowest BCUT2D eigenvalue weighted by Crippen LogP contribution is -2.48. The maximum Gasteiger partial charge on any atom is 0.230 e. The van der Waals surface area contributed by atoms with Gasteiger partial charge in [-0.2, -0.15) is 4.98 Å². The second-order valence-electron chi connectivity index (χ2n) is 7.16. The van der Waals surface area contributed by atoms with E-state index in [1.807, 2.05) is 24.3 Å². The highest BCUT2D eigenvalue weighted by Crippen LogP contribution is 2.26. The van der Waals surface area contributed by atoms with Gasteiger partial charge in [-0.15, -0.1) is 11.8 Å². The lowest BCUT2D eigenvalue weighted by Gasteiger charge is -2.32. The second-order valence-corrected chi connectivity index (χ2v) is 8.14. The van der Waals surface area contributed by atoms with Gasteiger partial charge < -0.3 is 19.3 Å². The molecular weight excluding hydrogens is 390 g/mol. The topological polar surface area (TPSA) is 86.5 Å². The Morgan fingerprint density at radius 1 is 1.24 bits per heavy atom. The number of carbonyl (C=O) groups is 1.